The van der Waals surface area contributed by atoms with Crippen molar-refractivity contribution in [2.75, 3.05) is 7.11 Å². The molecular weight excluding hydrogens is 264 g/mol. The summed E-state index contributed by atoms with van der Waals surface area (Å²) in [5.41, 5.74) is 0.861. The van der Waals surface area contributed by atoms with Crippen LogP contribution in [0.15, 0.2) is 36.5 Å². The minimum atomic E-state index is -0.993. The molecule has 0 spiro atoms. The molecule has 4 nitrogen and oxygen atoms in total. The Labute approximate surface area is 126 Å². The van der Waals surface area contributed by atoms with Crippen molar-refractivity contribution >= 4 is 0 Å². The number of rotatable bonds is 6. The van der Waals surface area contributed by atoms with Crippen molar-refractivity contribution in [1.29, 1.82) is 0 Å². The Balaban J connectivity index is 2.46. The Morgan fingerprint density at radius 2 is 1.95 bits per heavy atom. The van der Waals surface area contributed by atoms with E-state index in [1.165, 1.54) is 0 Å². The maximum atomic E-state index is 11.2. The van der Waals surface area contributed by atoms with E-state index in [-0.39, 0.29) is 6.04 Å². The van der Waals surface area contributed by atoms with E-state index < -0.39 is 5.60 Å². The third-order valence-electron chi connectivity index (χ3n) is 3.84. The molecule has 1 aromatic heterocycles. The van der Waals surface area contributed by atoms with Crippen molar-refractivity contribution in [3.8, 4) is 5.75 Å². The van der Waals surface area contributed by atoms with Crippen LogP contribution in [0.25, 0.3) is 0 Å². The van der Waals surface area contributed by atoms with Gasteiger partial charge in [0, 0.05) is 12.5 Å². The number of nitrogens with zero attached hydrogens (tertiary/aromatic N) is 2. The molecule has 4 heteroatoms. The van der Waals surface area contributed by atoms with Gasteiger partial charge >= 0.3 is 0 Å². The maximum Gasteiger partial charge on any atom is 0.162 e. The Bertz CT molecular complexity index is 578. The van der Waals surface area contributed by atoms with E-state index >= 15 is 0 Å². The normalized spacial score (nSPS) is 14.2. The van der Waals surface area contributed by atoms with Crippen LogP contribution in [0.4, 0.5) is 0 Å². The summed E-state index contributed by atoms with van der Waals surface area (Å²) in [5.74, 6) is 0.643. The molecule has 0 amide bonds. The number of benzene rings is 1. The lowest BCUT2D eigenvalue weighted by atomic mass is 9.88. The molecule has 1 heterocycles. The first-order valence-corrected chi connectivity index (χ1v) is 7.40. The zero-order chi connectivity index (χ0) is 15.5. The number of hydrogen-bond acceptors (Lipinski definition) is 3. The SMILES string of the molecule is CCC(O)(Cc1ccccc1)c1c(OC)cnn1C(C)C. The van der Waals surface area contributed by atoms with E-state index in [0.29, 0.717) is 18.6 Å². The smallest absolute Gasteiger partial charge is 0.162 e. The van der Waals surface area contributed by atoms with Gasteiger partial charge < -0.3 is 9.84 Å². The van der Waals surface area contributed by atoms with E-state index in [9.17, 15) is 5.11 Å². The van der Waals surface area contributed by atoms with E-state index in [1.54, 1.807) is 13.3 Å². The fourth-order valence-corrected chi connectivity index (χ4v) is 2.64. The highest BCUT2D eigenvalue weighted by molar-refractivity contribution is 5.33. The quantitative estimate of drug-likeness (QED) is 0.887. The second kappa shape index (κ2) is 6.31. The number of hydrogen-bond donors (Lipinski definition) is 1. The Morgan fingerprint density at radius 1 is 1.29 bits per heavy atom. The van der Waals surface area contributed by atoms with Crippen LogP contribution in [0.3, 0.4) is 0 Å². The number of aliphatic hydroxyl groups is 1. The minimum Gasteiger partial charge on any atom is -0.493 e. The second-order valence-corrected chi connectivity index (χ2v) is 5.65. The van der Waals surface area contributed by atoms with Crippen LogP contribution in [-0.4, -0.2) is 22.0 Å². The van der Waals surface area contributed by atoms with Crippen LogP contribution in [0.2, 0.25) is 0 Å². The van der Waals surface area contributed by atoms with Gasteiger partial charge in [-0.05, 0) is 25.8 Å². The molecule has 0 saturated heterocycles. The Hall–Kier alpha value is -1.81. The predicted octanol–water partition coefficient (Wildman–Crippen LogP) is 3.31. The van der Waals surface area contributed by atoms with Gasteiger partial charge in [0.2, 0.25) is 0 Å². The van der Waals surface area contributed by atoms with Gasteiger partial charge in [0.25, 0.3) is 0 Å². The lowest BCUT2D eigenvalue weighted by Gasteiger charge is -2.29. The molecule has 2 rings (SSSR count). The largest absolute Gasteiger partial charge is 0.493 e. The van der Waals surface area contributed by atoms with E-state index in [2.05, 4.69) is 18.9 Å². The number of aromatic nitrogens is 2. The highest BCUT2D eigenvalue weighted by atomic mass is 16.5. The van der Waals surface area contributed by atoms with Crippen LogP contribution in [0.5, 0.6) is 5.75 Å². The predicted molar refractivity (Wildman–Crippen MR) is 83.5 cm³/mol. The van der Waals surface area contributed by atoms with Gasteiger partial charge in [-0.1, -0.05) is 37.3 Å². The summed E-state index contributed by atoms with van der Waals surface area (Å²) in [6.07, 6.45) is 2.82. The molecule has 0 aliphatic carbocycles. The van der Waals surface area contributed by atoms with Crippen LogP contribution >= 0.6 is 0 Å². The third kappa shape index (κ3) is 3.10. The molecule has 0 bridgehead atoms. The summed E-state index contributed by atoms with van der Waals surface area (Å²) >= 11 is 0. The summed E-state index contributed by atoms with van der Waals surface area (Å²) in [5, 5.41) is 15.6. The molecule has 114 valence electrons. The molecule has 0 aliphatic heterocycles. The number of ether oxygens (including phenoxy) is 1. The first kappa shape index (κ1) is 15.6. The Morgan fingerprint density at radius 3 is 2.48 bits per heavy atom. The standard InChI is InChI=1S/C17H24N2O2/c1-5-17(20,11-14-9-7-6-8-10-14)16-15(21-4)12-18-19(16)13(2)3/h6-10,12-13,20H,5,11H2,1-4H3. The molecular formula is C17H24N2O2. The summed E-state index contributed by atoms with van der Waals surface area (Å²) in [6.45, 7) is 6.09. The van der Waals surface area contributed by atoms with Crippen molar-refractivity contribution in [2.24, 2.45) is 0 Å². The van der Waals surface area contributed by atoms with E-state index in [4.69, 9.17) is 4.74 Å². The maximum absolute atomic E-state index is 11.2. The Kier molecular flexibility index (Phi) is 4.68. The van der Waals surface area contributed by atoms with Gasteiger partial charge in [-0.2, -0.15) is 5.10 Å². The second-order valence-electron chi connectivity index (χ2n) is 5.65. The molecule has 1 N–H and O–H groups in total. The highest BCUT2D eigenvalue weighted by Crippen LogP contribution is 2.36. The third-order valence-corrected chi connectivity index (χ3v) is 3.84. The van der Waals surface area contributed by atoms with Crippen molar-refractivity contribution in [3.05, 3.63) is 47.8 Å². The summed E-state index contributed by atoms with van der Waals surface area (Å²) in [7, 11) is 1.61. The van der Waals surface area contributed by atoms with Crippen LogP contribution in [0, 0.1) is 0 Å². The topological polar surface area (TPSA) is 47.3 Å². The molecule has 0 aliphatic rings. The van der Waals surface area contributed by atoms with Gasteiger partial charge in [-0.3, -0.25) is 4.68 Å². The van der Waals surface area contributed by atoms with Gasteiger partial charge in [0.15, 0.2) is 5.75 Å². The van der Waals surface area contributed by atoms with Crippen LogP contribution in [-0.2, 0) is 12.0 Å². The van der Waals surface area contributed by atoms with Gasteiger partial charge in [-0.15, -0.1) is 0 Å². The average Bonchev–Trinajstić information content (AvgIpc) is 2.93. The summed E-state index contributed by atoms with van der Waals surface area (Å²) < 4.78 is 7.27. The van der Waals surface area contributed by atoms with Gasteiger partial charge in [0.05, 0.1) is 13.3 Å². The lowest BCUT2D eigenvalue weighted by Crippen LogP contribution is -2.32. The molecule has 0 radical (unpaired) electrons. The van der Waals surface area contributed by atoms with Gasteiger partial charge in [0.1, 0.15) is 11.3 Å². The van der Waals surface area contributed by atoms with E-state index in [1.807, 2.05) is 41.9 Å². The van der Waals surface area contributed by atoms with Crippen molar-refractivity contribution in [2.45, 2.75) is 45.3 Å². The monoisotopic (exact) mass is 288 g/mol. The average molecular weight is 288 g/mol. The first-order chi connectivity index (χ1) is 10.0. The summed E-state index contributed by atoms with van der Waals surface area (Å²) in [6, 6.07) is 10.2. The zero-order valence-corrected chi connectivity index (χ0v) is 13.2. The van der Waals surface area contributed by atoms with E-state index in [0.717, 1.165) is 11.3 Å². The minimum absolute atomic E-state index is 0.165. The fraction of sp³-hybridized carbons (Fsp3) is 0.471. The van der Waals surface area contributed by atoms with Gasteiger partial charge in [-0.25, -0.2) is 0 Å². The van der Waals surface area contributed by atoms with Crippen LogP contribution in [0.1, 0.15) is 44.5 Å². The highest BCUT2D eigenvalue weighted by Gasteiger charge is 2.35. The molecule has 1 aromatic carbocycles. The van der Waals surface area contributed by atoms with Crippen LogP contribution < -0.4 is 4.74 Å². The lowest BCUT2D eigenvalue weighted by molar-refractivity contribution is 0.0201. The number of methoxy groups -OCH3 is 1. The first-order valence-electron chi connectivity index (χ1n) is 7.40. The van der Waals surface area contributed by atoms with Crippen molar-refractivity contribution in [3.63, 3.8) is 0 Å². The fourth-order valence-electron chi connectivity index (χ4n) is 2.64. The molecule has 1 atom stereocenters. The summed E-state index contributed by atoms with van der Waals surface area (Å²) in [4.78, 5) is 0. The van der Waals surface area contributed by atoms with Crippen molar-refractivity contribution in [1.82, 2.24) is 9.78 Å². The molecule has 1 unspecified atom stereocenters. The molecule has 21 heavy (non-hydrogen) atoms. The van der Waals surface area contributed by atoms with Crippen molar-refractivity contribution < 1.29 is 9.84 Å². The molecule has 0 saturated carbocycles. The zero-order valence-electron chi connectivity index (χ0n) is 13.2. The molecule has 2 aromatic rings. The molecule has 0 fully saturated rings.